The number of hydrogen-bond acceptors (Lipinski definition) is 4. The Bertz CT molecular complexity index is 519. The van der Waals surface area contributed by atoms with Crippen LogP contribution in [-0.4, -0.2) is 68.1 Å². The molecular weight excluding hydrogens is 326 g/mol. The lowest BCUT2D eigenvalue weighted by Gasteiger charge is -2.32. The van der Waals surface area contributed by atoms with E-state index in [1.807, 2.05) is 19.1 Å². The highest BCUT2D eigenvalue weighted by Crippen LogP contribution is 2.19. The standard InChI is InChI=1S/C18H28ClN3O2/c1-3-17(24-16-7-4-6-15(19)14-16)18(23)20-8-5-9-22-12-10-21(2)11-13-22/h4,6-7,14,17H,3,5,8-13H2,1-2H3,(H,20,23). The third-order valence-electron chi connectivity index (χ3n) is 4.28. The highest BCUT2D eigenvalue weighted by atomic mass is 35.5. The molecule has 1 heterocycles. The summed E-state index contributed by atoms with van der Waals surface area (Å²) < 4.78 is 5.75. The smallest absolute Gasteiger partial charge is 0.261 e. The van der Waals surface area contributed by atoms with E-state index in [2.05, 4.69) is 22.2 Å². The van der Waals surface area contributed by atoms with Gasteiger partial charge in [-0.05, 0) is 44.6 Å². The van der Waals surface area contributed by atoms with E-state index in [9.17, 15) is 4.79 Å². The molecule has 1 amide bonds. The van der Waals surface area contributed by atoms with Crippen molar-refractivity contribution in [2.45, 2.75) is 25.9 Å². The quantitative estimate of drug-likeness (QED) is 0.728. The van der Waals surface area contributed by atoms with Crippen LogP contribution >= 0.6 is 11.6 Å². The summed E-state index contributed by atoms with van der Waals surface area (Å²) in [6.07, 6.45) is 1.10. The maximum Gasteiger partial charge on any atom is 0.261 e. The van der Waals surface area contributed by atoms with Crippen molar-refractivity contribution in [2.75, 3.05) is 46.3 Å². The van der Waals surface area contributed by atoms with Crippen molar-refractivity contribution >= 4 is 17.5 Å². The molecule has 6 heteroatoms. The van der Waals surface area contributed by atoms with E-state index >= 15 is 0 Å². The number of carbonyl (C=O) groups is 1. The van der Waals surface area contributed by atoms with Gasteiger partial charge in [0.1, 0.15) is 5.75 Å². The molecule has 0 aliphatic carbocycles. The zero-order valence-electron chi connectivity index (χ0n) is 14.6. The normalized spacial score (nSPS) is 17.5. The number of hydrogen-bond donors (Lipinski definition) is 1. The second-order valence-electron chi connectivity index (χ2n) is 6.26. The Morgan fingerprint density at radius 1 is 1.33 bits per heavy atom. The third-order valence-corrected chi connectivity index (χ3v) is 4.52. The summed E-state index contributed by atoms with van der Waals surface area (Å²) in [4.78, 5) is 17.1. The van der Waals surface area contributed by atoms with Gasteiger partial charge in [-0.1, -0.05) is 24.6 Å². The lowest BCUT2D eigenvalue weighted by Crippen LogP contribution is -2.45. The van der Waals surface area contributed by atoms with E-state index in [-0.39, 0.29) is 5.91 Å². The predicted molar refractivity (Wildman–Crippen MR) is 97.7 cm³/mol. The highest BCUT2D eigenvalue weighted by Gasteiger charge is 2.18. The van der Waals surface area contributed by atoms with Crippen LogP contribution in [0.4, 0.5) is 0 Å². The van der Waals surface area contributed by atoms with Gasteiger partial charge in [-0.2, -0.15) is 0 Å². The molecule has 1 saturated heterocycles. The van der Waals surface area contributed by atoms with Gasteiger partial charge in [0.2, 0.25) is 0 Å². The van der Waals surface area contributed by atoms with Crippen LogP contribution in [0, 0.1) is 0 Å². The van der Waals surface area contributed by atoms with Gasteiger partial charge in [-0.3, -0.25) is 4.79 Å². The average molecular weight is 354 g/mol. The fourth-order valence-corrected chi connectivity index (χ4v) is 2.91. The van der Waals surface area contributed by atoms with E-state index in [1.54, 1.807) is 12.1 Å². The molecule has 1 atom stereocenters. The molecular formula is C18H28ClN3O2. The van der Waals surface area contributed by atoms with Gasteiger partial charge in [-0.15, -0.1) is 0 Å². The van der Waals surface area contributed by atoms with Crippen LogP contribution in [0.15, 0.2) is 24.3 Å². The SMILES string of the molecule is CCC(Oc1cccc(Cl)c1)C(=O)NCCCN1CCN(C)CC1. The summed E-state index contributed by atoms with van der Waals surface area (Å²) in [5.41, 5.74) is 0. The predicted octanol–water partition coefficient (Wildman–Crippen LogP) is 2.25. The van der Waals surface area contributed by atoms with Crippen LogP contribution in [0.1, 0.15) is 19.8 Å². The fourth-order valence-electron chi connectivity index (χ4n) is 2.73. The first-order valence-corrected chi connectivity index (χ1v) is 9.07. The van der Waals surface area contributed by atoms with Crippen LogP contribution < -0.4 is 10.1 Å². The van der Waals surface area contributed by atoms with Crippen LogP contribution in [0.2, 0.25) is 5.02 Å². The number of likely N-dealkylation sites (N-methyl/N-ethyl adjacent to an activating group) is 1. The fraction of sp³-hybridized carbons (Fsp3) is 0.611. The first-order chi connectivity index (χ1) is 11.6. The van der Waals surface area contributed by atoms with Gasteiger partial charge in [0.15, 0.2) is 6.10 Å². The monoisotopic (exact) mass is 353 g/mol. The Morgan fingerprint density at radius 3 is 2.75 bits per heavy atom. The minimum atomic E-state index is -0.480. The molecule has 0 aromatic heterocycles. The summed E-state index contributed by atoms with van der Waals surface area (Å²) in [5, 5.41) is 3.59. The molecule has 0 radical (unpaired) electrons. The van der Waals surface area contributed by atoms with Crippen LogP contribution in [0.5, 0.6) is 5.75 Å². The molecule has 0 saturated carbocycles. The van der Waals surface area contributed by atoms with E-state index < -0.39 is 6.10 Å². The van der Waals surface area contributed by atoms with Crippen molar-refractivity contribution in [1.82, 2.24) is 15.1 Å². The molecule has 134 valence electrons. The topological polar surface area (TPSA) is 44.8 Å². The Labute approximate surface area is 149 Å². The minimum absolute atomic E-state index is 0.0594. The summed E-state index contributed by atoms with van der Waals surface area (Å²) >= 11 is 5.95. The molecule has 1 aromatic rings. The van der Waals surface area contributed by atoms with Gasteiger partial charge < -0.3 is 19.9 Å². The number of amides is 1. The van der Waals surface area contributed by atoms with Crippen molar-refractivity contribution in [3.63, 3.8) is 0 Å². The molecule has 24 heavy (non-hydrogen) atoms. The Balaban J connectivity index is 1.68. The number of nitrogens with zero attached hydrogens (tertiary/aromatic N) is 2. The largest absolute Gasteiger partial charge is 0.481 e. The maximum absolute atomic E-state index is 12.3. The van der Waals surface area contributed by atoms with E-state index in [1.165, 1.54) is 0 Å². The molecule has 1 fully saturated rings. The molecule has 5 nitrogen and oxygen atoms in total. The van der Waals surface area contributed by atoms with Gasteiger partial charge >= 0.3 is 0 Å². The second kappa shape index (κ2) is 9.87. The molecule has 1 aliphatic rings. The van der Waals surface area contributed by atoms with Crippen molar-refractivity contribution in [1.29, 1.82) is 0 Å². The molecule has 0 spiro atoms. The molecule has 1 unspecified atom stereocenters. The van der Waals surface area contributed by atoms with Gasteiger partial charge in [0.25, 0.3) is 5.91 Å². The first-order valence-electron chi connectivity index (χ1n) is 8.69. The molecule has 2 rings (SSSR count). The number of halogens is 1. The van der Waals surface area contributed by atoms with E-state index in [0.717, 1.165) is 39.1 Å². The highest BCUT2D eigenvalue weighted by molar-refractivity contribution is 6.30. The summed E-state index contributed by atoms with van der Waals surface area (Å²) in [6, 6.07) is 7.15. The van der Waals surface area contributed by atoms with E-state index in [4.69, 9.17) is 16.3 Å². The zero-order chi connectivity index (χ0) is 17.4. The summed E-state index contributed by atoms with van der Waals surface area (Å²) in [5.74, 6) is 0.567. The number of nitrogens with one attached hydrogen (secondary N) is 1. The number of ether oxygens (including phenoxy) is 1. The third kappa shape index (κ3) is 6.30. The number of rotatable bonds is 8. The Hall–Kier alpha value is -1.30. The van der Waals surface area contributed by atoms with Crippen LogP contribution in [0.25, 0.3) is 0 Å². The second-order valence-corrected chi connectivity index (χ2v) is 6.70. The molecule has 1 aromatic carbocycles. The summed E-state index contributed by atoms with van der Waals surface area (Å²) in [7, 11) is 2.16. The van der Waals surface area contributed by atoms with Crippen molar-refractivity contribution in [3.8, 4) is 5.75 Å². The average Bonchev–Trinajstić information content (AvgIpc) is 2.58. The summed E-state index contributed by atoms with van der Waals surface area (Å²) in [6.45, 7) is 8.12. The van der Waals surface area contributed by atoms with E-state index in [0.29, 0.717) is 23.7 Å². The molecule has 1 N–H and O–H groups in total. The lowest BCUT2D eigenvalue weighted by molar-refractivity contribution is -0.128. The van der Waals surface area contributed by atoms with Crippen molar-refractivity contribution in [2.24, 2.45) is 0 Å². The zero-order valence-corrected chi connectivity index (χ0v) is 15.4. The van der Waals surface area contributed by atoms with Crippen molar-refractivity contribution in [3.05, 3.63) is 29.3 Å². The maximum atomic E-state index is 12.3. The van der Waals surface area contributed by atoms with Crippen molar-refractivity contribution < 1.29 is 9.53 Å². The number of piperazine rings is 1. The minimum Gasteiger partial charge on any atom is -0.481 e. The van der Waals surface area contributed by atoms with Crippen LogP contribution in [-0.2, 0) is 4.79 Å². The lowest BCUT2D eigenvalue weighted by atomic mass is 10.2. The molecule has 0 bridgehead atoms. The van der Waals surface area contributed by atoms with Crippen LogP contribution in [0.3, 0.4) is 0 Å². The number of benzene rings is 1. The Morgan fingerprint density at radius 2 is 2.08 bits per heavy atom. The molecule has 1 aliphatic heterocycles. The van der Waals surface area contributed by atoms with Gasteiger partial charge in [0.05, 0.1) is 0 Å². The number of carbonyl (C=O) groups excluding carboxylic acids is 1. The van der Waals surface area contributed by atoms with Gasteiger partial charge in [-0.25, -0.2) is 0 Å². The Kier molecular flexibility index (Phi) is 7.82. The van der Waals surface area contributed by atoms with Gasteiger partial charge in [0, 0.05) is 37.7 Å². The first kappa shape index (κ1) is 19.0.